The second kappa shape index (κ2) is 9.29. The predicted molar refractivity (Wildman–Crippen MR) is 120 cm³/mol. The first-order chi connectivity index (χ1) is 13.5. The minimum atomic E-state index is -0.381. The van der Waals surface area contributed by atoms with E-state index in [9.17, 15) is 4.79 Å². The summed E-state index contributed by atoms with van der Waals surface area (Å²) in [5, 5.41) is 0. The molecule has 4 rings (SSSR count). The average Bonchev–Trinajstić information content (AvgIpc) is 2.72. The van der Waals surface area contributed by atoms with E-state index in [-0.39, 0.29) is 30.0 Å². The van der Waals surface area contributed by atoms with E-state index in [1.54, 1.807) is 0 Å². The molecule has 1 amide bonds. The van der Waals surface area contributed by atoms with E-state index in [4.69, 9.17) is 4.74 Å². The van der Waals surface area contributed by atoms with Gasteiger partial charge in [-0.3, -0.25) is 4.79 Å². The number of para-hydroxylation sites is 1. The number of hydrogen-bond acceptors (Lipinski definition) is 3. The van der Waals surface area contributed by atoms with Crippen LogP contribution < -0.4 is 4.90 Å². The van der Waals surface area contributed by atoms with Gasteiger partial charge in [-0.2, -0.15) is 0 Å². The molecule has 2 aromatic carbocycles. The van der Waals surface area contributed by atoms with Gasteiger partial charge in [0.05, 0.1) is 12.1 Å². The highest BCUT2D eigenvalue weighted by molar-refractivity contribution is 5.97. The lowest BCUT2D eigenvalue weighted by molar-refractivity contribution is -0.161. The molecule has 0 aliphatic carbocycles. The van der Waals surface area contributed by atoms with Gasteiger partial charge in [-0.05, 0) is 50.8 Å². The van der Waals surface area contributed by atoms with Crippen LogP contribution >= 0.6 is 12.4 Å². The molecule has 4 nitrogen and oxygen atoms in total. The fraction of sp³-hybridized carbons (Fsp3) is 0.458. The Kier molecular flexibility index (Phi) is 6.99. The molecule has 2 fully saturated rings. The van der Waals surface area contributed by atoms with E-state index in [1.165, 1.54) is 11.1 Å². The van der Waals surface area contributed by atoms with E-state index in [0.29, 0.717) is 6.54 Å². The highest BCUT2D eigenvalue weighted by Gasteiger charge is 2.45. The molecule has 0 saturated carbocycles. The normalized spacial score (nSPS) is 21.8. The van der Waals surface area contributed by atoms with Crippen molar-refractivity contribution in [3.8, 4) is 0 Å². The number of carbonyl (C=O) groups excluding carboxylic acids is 1. The molecular formula is C24H31ClN2O2. The zero-order valence-electron chi connectivity index (χ0n) is 17.3. The summed E-state index contributed by atoms with van der Waals surface area (Å²) in [4.78, 5) is 17.1. The van der Waals surface area contributed by atoms with Crippen LogP contribution in [0.1, 0.15) is 30.9 Å². The van der Waals surface area contributed by atoms with Crippen molar-refractivity contribution < 1.29 is 9.53 Å². The van der Waals surface area contributed by atoms with Crippen LogP contribution in [0, 0.1) is 6.92 Å². The summed E-state index contributed by atoms with van der Waals surface area (Å²) in [5.41, 5.74) is 3.46. The Bertz CT molecular complexity index is 801. The average molecular weight is 415 g/mol. The largest absolute Gasteiger partial charge is 0.360 e. The number of likely N-dealkylation sites (tertiary alicyclic amines) is 1. The number of ether oxygens (including phenoxy) is 1. The zero-order valence-corrected chi connectivity index (χ0v) is 18.2. The van der Waals surface area contributed by atoms with E-state index in [0.717, 1.165) is 44.6 Å². The van der Waals surface area contributed by atoms with Crippen LogP contribution in [0.3, 0.4) is 0 Å². The maximum Gasteiger partial charge on any atom is 0.255 e. The topological polar surface area (TPSA) is 32.8 Å². The first-order valence-electron chi connectivity index (χ1n) is 10.4. The third kappa shape index (κ3) is 5.00. The Hall–Kier alpha value is -1.88. The van der Waals surface area contributed by atoms with E-state index in [1.807, 2.05) is 42.2 Å². The van der Waals surface area contributed by atoms with Gasteiger partial charge in [0.15, 0.2) is 0 Å². The monoisotopic (exact) mass is 414 g/mol. The number of carbonyl (C=O) groups is 1. The Morgan fingerprint density at radius 1 is 1.03 bits per heavy atom. The summed E-state index contributed by atoms with van der Waals surface area (Å²) in [5.74, 6) is 0.0682. The lowest BCUT2D eigenvalue weighted by Gasteiger charge is -2.49. The molecule has 2 saturated heterocycles. The van der Waals surface area contributed by atoms with Gasteiger partial charge in [-0.1, -0.05) is 48.0 Å². The maximum atomic E-state index is 12.7. The first kappa shape index (κ1) is 21.8. The fourth-order valence-corrected chi connectivity index (χ4v) is 4.38. The molecule has 5 heteroatoms. The maximum absolute atomic E-state index is 12.7. The number of hydrogen-bond donors (Lipinski definition) is 0. The molecule has 1 unspecified atom stereocenters. The van der Waals surface area contributed by atoms with Crippen molar-refractivity contribution in [2.45, 2.75) is 44.8 Å². The summed E-state index contributed by atoms with van der Waals surface area (Å²) < 4.78 is 6.29. The second-order valence-electron chi connectivity index (χ2n) is 8.28. The third-order valence-corrected chi connectivity index (χ3v) is 6.16. The van der Waals surface area contributed by atoms with Crippen LogP contribution in [0.15, 0.2) is 54.6 Å². The molecule has 2 heterocycles. The lowest BCUT2D eigenvalue weighted by atomic mass is 9.88. The van der Waals surface area contributed by atoms with Gasteiger partial charge in [0.1, 0.15) is 6.10 Å². The Balaban J connectivity index is 0.00000240. The van der Waals surface area contributed by atoms with Crippen LogP contribution in [0.25, 0.3) is 0 Å². The van der Waals surface area contributed by atoms with Crippen molar-refractivity contribution in [3.63, 3.8) is 0 Å². The van der Waals surface area contributed by atoms with Gasteiger partial charge in [-0.15, -0.1) is 12.4 Å². The van der Waals surface area contributed by atoms with Crippen LogP contribution in [-0.4, -0.2) is 48.7 Å². The number of benzene rings is 2. The molecule has 0 N–H and O–H groups in total. The highest BCUT2D eigenvalue weighted by atomic mass is 35.5. The molecule has 1 atom stereocenters. The third-order valence-electron chi connectivity index (χ3n) is 6.16. The first-order valence-corrected chi connectivity index (χ1v) is 10.4. The number of anilines is 1. The van der Waals surface area contributed by atoms with E-state index < -0.39 is 0 Å². The minimum Gasteiger partial charge on any atom is -0.360 e. The number of morpholine rings is 1. The molecule has 0 bridgehead atoms. The number of amides is 1. The fourth-order valence-electron chi connectivity index (χ4n) is 4.38. The van der Waals surface area contributed by atoms with Crippen LogP contribution in [0.4, 0.5) is 5.69 Å². The molecule has 1 spiro atoms. The standard InChI is InChI=1S/C24H30N2O2.ClH/c1-19-8-10-21(11-9-19)12-15-25-16-13-24(14-17-25)18-26(23(27)20(2)28-24)22-6-4-3-5-7-22;/h3-11,20H,12-18H2,1-2H3;1H. The summed E-state index contributed by atoms with van der Waals surface area (Å²) in [6.07, 6.45) is 2.65. The number of halogens is 1. The van der Waals surface area contributed by atoms with Gasteiger partial charge >= 0.3 is 0 Å². The summed E-state index contributed by atoms with van der Waals surface area (Å²) in [6, 6.07) is 18.8. The molecule has 29 heavy (non-hydrogen) atoms. The van der Waals surface area contributed by atoms with Gasteiger partial charge in [-0.25, -0.2) is 0 Å². The van der Waals surface area contributed by atoms with Crippen molar-refractivity contribution in [1.82, 2.24) is 4.90 Å². The molecule has 0 radical (unpaired) electrons. The Labute approximate surface area is 180 Å². The Morgan fingerprint density at radius 3 is 2.34 bits per heavy atom. The minimum absolute atomic E-state index is 0. The van der Waals surface area contributed by atoms with Crippen molar-refractivity contribution in [3.05, 3.63) is 65.7 Å². The molecule has 2 aliphatic heterocycles. The van der Waals surface area contributed by atoms with Crippen molar-refractivity contribution >= 4 is 24.0 Å². The van der Waals surface area contributed by atoms with Crippen LogP contribution in [0.2, 0.25) is 0 Å². The molecule has 156 valence electrons. The number of piperidine rings is 1. The van der Waals surface area contributed by atoms with Crippen molar-refractivity contribution in [2.75, 3.05) is 31.1 Å². The SMILES string of the molecule is Cc1ccc(CCN2CCC3(CC2)CN(c2ccccc2)C(=O)C(C)O3)cc1.Cl. The molecule has 2 aromatic rings. The zero-order chi connectivity index (χ0) is 19.6. The molecule has 0 aromatic heterocycles. The summed E-state index contributed by atoms with van der Waals surface area (Å²) in [7, 11) is 0. The van der Waals surface area contributed by atoms with Crippen LogP contribution in [0.5, 0.6) is 0 Å². The number of aryl methyl sites for hydroxylation is 1. The second-order valence-corrected chi connectivity index (χ2v) is 8.28. The van der Waals surface area contributed by atoms with Crippen molar-refractivity contribution in [1.29, 1.82) is 0 Å². The number of rotatable bonds is 4. The number of nitrogens with zero attached hydrogens (tertiary/aromatic N) is 2. The Morgan fingerprint density at radius 2 is 1.69 bits per heavy atom. The lowest BCUT2D eigenvalue weighted by Crippen LogP contribution is -2.61. The summed E-state index contributed by atoms with van der Waals surface area (Å²) in [6.45, 7) is 7.80. The molecular weight excluding hydrogens is 384 g/mol. The molecule has 2 aliphatic rings. The van der Waals surface area contributed by atoms with E-state index in [2.05, 4.69) is 36.1 Å². The van der Waals surface area contributed by atoms with Crippen molar-refractivity contribution in [2.24, 2.45) is 0 Å². The highest BCUT2D eigenvalue weighted by Crippen LogP contribution is 2.35. The quantitative estimate of drug-likeness (QED) is 0.749. The van der Waals surface area contributed by atoms with Gasteiger partial charge in [0.25, 0.3) is 5.91 Å². The van der Waals surface area contributed by atoms with Gasteiger partial charge < -0.3 is 14.5 Å². The smallest absolute Gasteiger partial charge is 0.255 e. The summed E-state index contributed by atoms with van der Waals surface area (Å²) >= 11 is 0. The van der Waals surface area contributed by atoms with Gasteiger partial charge in [0, 0.05) is 25.3 Å². The predicted octanol–water partition coefficient (Wildman–Crippen LogP) is 4.25. The van der Waals surface area contributed by atoms with E-state index >= 15 is 0 Å². The van der Waals surface area contributed by atoms with Crippen LogP contribution in [-0.2, 0) is 16.0 Å². The van der Waals surface area contributed by atoms with Gasteiger partial charge in [0.2, 0.25) is 0 Å².